The summed E-state index contributed by atoms with van der Waals surface area (Å²) in [5.41, 5.74) is 1.32. The highest BCUT2D eigenvalue weighted by atomic mass is 79.9. The van der Waals surface area contributed by atoms with Gasteiger partial charge in [-0.05, 0) is 36.5 Å². The summed E-state index contributed by atoms with van der Waals surface area (Å²) < 4.78 is 1.10. The molecule has 0 atom stereocenters. The number of rotatable bonds is 4. The summed E-state index contributed by atoms with van der Waals surface area (Å²) in [6.45, 7) is 5.92. The monoisotopic (exact) mass is 268 g/mol. The second-order valence-corrected chi connectivity index (χ2v) is 5.77. The van der Waals surface area contributed by atoms with Gasteiger partial charge in [-0.3, -0.25) is 0 Å². The molecule has 15 heavy (non-hydrogen) atoms. The summed E-state index contributed by atoms with van der Waals surface area (Å²) in [4.78, 5) is 11.1. The molecule has 0 saturated carbocycles. The van der Waals surface area contributed by atoms with Gasteiger partial charge in [0.25, 0.3) is 0 Å². The van der Waals surface area contributed by atoms with Gasteiger partial charge in [0.2, 0.25) is 0 Å². The summed E-state index contributed by atoms with van der Waals surface area (Å²) in [7, 11) is 0. The standard InChI is InChI=1S/C13H17BrO/c1-10(15)8-13(2,3)9-11-5-4-6-12(14)7-11/h4-7H,8-9H2,1-3H3. The summed E-state index contributed by atoms with van der Waals surface area (Å²) in [5.74, 6) is 0.259. The van der Waals surface area contributed by atoms with Crippen molar-refractivity contribution in [1.82, 2.24) is 0 Å². The first-order chi connectivity index (χ1) is 6.89. The van der Waals surface area contributed by atoms with E-state index in [-0.39, 0.29) is 11.2 Å². The predicted octanol–water partition coefficient (Wildman–Crippen LogP) is 4.00. The fourth-order valence-electron chi connectivity index (χ4n) is 1.94. The Morgan fingerprint density at radius 3 is 2.60 bits per heavy atom. The van der Waals surface area contributed by atoms with Crippen LogP contribution < -0.4 is 0 Å². The number of hydrogen-bond acceptors (Lipinski definition) is 1. The van der Waals surface area contributed by atoms with Gasteiger partial charge in [0, 0.05) is 10.9 Å². The fraction of sp³-hybridized carbons (Fsp3) is 0.462. The van der Waals surface area contributed by atoms with Crippen molar-refractivity contribution in [2.24, 2.45) is 5.41 Å². The molecule has 0 heterocycles. The van der Waals surface area contributed by atoms with Gasteiger partial charge in [0.05, 0.1) is 0 Å². The zero-order valence-corrected chi connectivity index (χ0v) is 11.1. The molecule has 0 bridgehead atoms. The van der Waals surface area contributed by atoms with E-state index >= 15 is 0 Å². The molecule has 1 aromatic rings. The molecule has 82 valence electrons. The van der Waals surface area contributed by atoms with Crippen LogP contribution in [0, 0.1) is 5.41 Å². The van der Waals surface area contributed by atoms with Gasteiger partial charge in [-0.2, -0.15) is 0 Å². The van der Waals surface area contributed by atoms with E-state index in [4.69, 9.17) is 0 Å². The minimum atomic E-state index is 0.0482. The second kappa shape index (κ2) is 4.93. The Kier molecular flexibility index (Phi) is 4.09. The van der Waals surface area contributed by atoms with Crippen LogP contribution in [0.4, 0.5) is 0 Å². The second-order valence-electron chi connectivity index (χ2n) is 4.85. The molecule has 0 saturated heterocycles. The van der Waals surface area contributed by atoms with Crippen LogP contribution in [0.25, 0.3) is 0 Å². The average Bonchev–Trinajstić information content (AvgIpc) is 1.99. The molecule has 0 aliphatic carbocycles. The van der Waals surface area contributed by atoms with Crippen molar-refractivity contribution in [2.45, 2.75) is 33.6 Å². The van der Waals surface area contributed by atoms with E-state index in [0.717, 1.165) is 10.9 Å². The molecule has 1 aromatic carbocycles. The van der Waals surface area contributed by atoms with Crippen LogP contribution in [0.3, 0.4) is 0 Å². The molecule has 0 N–H and O–H groups in total. The third kappa shape index (κ3) is 4.61. The van der Waals surface area contributed by atoms with Gasteiger partial charge in [-0.15, -0.1) is 0 Å². The largest absolute Gasteiger partial charge is 0.300 e. The lowest BCUT2D eigenvalue weighted by Crippen LogP contribution is -2.18. The third-order valence-electron chi connectivity index (χ3n) is 2.30. The molecule has 2 heteroatoms. The zero-order chi connectivity index (χ0) is 11.5. The Labute approximate surface area is 100 Å². The highest BCUT2D eigenvalue weighted by Gasteiger charge is 2.20. The van der Waals surface area contributed by atoms with E-state index in [1.807, 2.05) is 12.1 Å². The average molecular weight is 269 g/mol. The maximum absolute atomic E-state index is 11.1. The van der Waals surface area contributed by atoms with Gasteiger partial charge in [0.15, 0.2) is 0 Å². The normalized spacial score (nSPS) is 11.5. The minimum Gasteiger partial charge on any atom is -0.300 e. The molecule has 0 amide bonds. The number of ketones is 1. The summed E-state index contributed by atoms with van der Waals surface area (Å²) in [5, 5.41) is 0. The quantitative estimate of drug-likeness (QED) is 0.807. The molecule has 0 fully saturated rings. The highest BCUT2D eigenvalue weighted by molar-refractivity contribution is 9.10. The van der Waals surface area contributed by atoms with E-state index in [1.165, 1.54) is 5.56 Å². The number of carbonyl (C=O) groups is 1. The first kappa shape index (κ1) is 12.4. The van der Waals surface area contributed by atoms with Gasteiger partial charge in [0.1, 0.15) is 5.78 Å². The van der Waals surface area contributed by atoms with Crippen LogP contribution in [0.1, 0.15) is 32.8 Å². The number of carbonyl (C=O) groups excluding carboxylic acids is 1. The van der Waals surface area contributed by atoms with Crippen molar-refractivity contribution >= 4 is 21.7 Å². The van der Waals surface area contributed by atoms with Crippen LogP contribution in [0.5, 0.6) is 0 Å². The van der Waals surface area contributed by atoms with E-state index < -0.39 is 0 Å². The summed E-state index contributed by atoms with van der Waals surface area (Å²) in [6, 6.07) is 8.26. The Bertz CT molecular complexity index is 355. The SMILES string of the molecule is CC(=O)CC(C)(C)Cc1cccc(Br)c1. The van der Waals surface area contributed by atoms with Gasteiger partial charge >= 0.3 is 0 Å². The molecule has 0 aromatic heterocycles. The number of Topliss-reactive ketones (excluding diaryl/α,β-unsaturated/α-hetero) is 1. The van der Waals surface area contributed by atoms with E-state index in [2.05, 4.69) is 41.9 Å². The Morgan fingerprint density at radius 1 is 1.40 bits per heavy atom. The number of hydrogen-bond donors (Lipinski definition) is 0. The highest BCUT2D eigenvalue weighted by Crippen LogP contribution is 2.27. The molecule has 1 rings (SSSR count). The van der Waals surface area contributed by atoms with Crippen molar-refractivity contribution in [3.8, 4) is 0 Å². The first-order valence-electron chi connectivity index (χ1n) is 5.13. The fourth-order valence-corrected chi connectivity index (χ4v) is 2.38. The molecular weight excluding hydrogens is 252 g/mol. The summed E-state index contributed by atoms with van der Waals surface area (Å²) in [6.07, 6.45) is 1.57. The first-order valence-corrected chi connectivity index (χ1v) is 5.92. The van der Waals surface area contributed by atoms with Crippen molar-refractivity contribution in [2.75, 3.05) is 0 Å². The lowest BCUT2D eigenvalue weighted by Gasteiger charge is -2.23. The van der Waals surface area contributed by atoms with Gasteiger partial charge in [-0.25, -0.2) is 0 Å². The lowest BCUT2D eigenvalue weighted by atomic mass is 9.81. The molecule has 0 aliphatic rings. The molecule has 1 nitrogen and oxygen atoms in total. The molecular formula is C13H17BrO. The van der Waals surface area contributed by atoms with Crippen LogP contribution in [-0.2, 0) is 11.2 Å². The van der Waals surface area contributed by atoms with Crippen molar-refractivity contribution < 1.29 is 4.79 Å². The van der Waals surface area contributed by atoms with Crippen molar-refractivity contribution in [1.29, 1.82) is 0 Å². The van der Waals surface area contributed by atoms with Crippen LogP contribution >= 0.6 is 15.9 Å². The van der Waals surface area contributed by atoms with E-state index in [1.54, 1.807) is 6.92 Å². The zero-order valence-electron chi connectivity index (χ0n) is 9.51. The number of halogens is 1. The third-order valence-corrected chi connectivity index (χ3v) is 2.79. The van der Waals surface area contributed by atoms with E-state index in [9.17, 15) is 4.79 Å². The van der Waals surface area contributed by atoms with Crippen molar-refractivity contribution in [3.05, 3.63) is 34.3 Å². The van der Waals surface area contributed by atoms with Gasteiger partial charge in [-0.1, -0.05) is 41.9 Å². The van der Waals surface area contributed by atoms with Gasteiger partial charge < -0.3 is 4.79 Å². The Hall–Kier alpha value is -0.630. The molecule has 0 aliphatic heterocycles. The topological polar surface area (TPSA) is 17.1 Å². The number of benzene rings is 1. The Balaban J connectivity index is 2.72. The van der Waals surface area contributed by atoms with Crippen LogP contribution in [-0.4, -0.2) is 5.78 Å². The van der Waals surface area contributed by atoms with E-state index in [0.29, 0.717) is 6.42 Å². The maximum Gasteiger partial charge on any atom is 0.130 e. The molecule has 0 radical (unpaired) electrons. The minimum absolute atomic E-state index is 0.0482. The molecule has 0 spiro atoms. The predicted molar refractivity (Wildman–Crippen MR) is 66.9 cm³/mol. The maximum atomic E-state index is 11.1. The lowest BCUT2D eigenvalue weighted by molar-refractivity contribution is -0.118. The summed E-state index contributed by atoms with van der Waals surface area (Å²) >= 11 is 3.45. The van der Waals surface area contributed by atoms with Crippen LogP contribution in [0.15, 0.2) is 28.7 Å². The van der Waals surface area contributed by atoms with Crippen molar-refractivity contribution in [3.63, 3.8) is 0 Å². The Morgan fingerprint density at radius 2 is 2.07 bits per heavy atom. The molecule has 0 unspecified atom stereocenters. The smallest absolute Gasteiger partial charge is 0.130 e. The van der Waals surface area contributed by atoms with Crippen LogP contribution in [0.2, 0.25) is 0 Å².